The van der Waals surface area contributed by atoms with Gasteiger partial charge in [0.2, 0.25) is 0 Å². The van der Waals surface area contributed by atoms with Gasteiger partial charge in [-0.2, -0.15) is 0 Å². The van der Waals surface area contributed by atoms with Crippen molar-refractivity contribution in [2.45, 2.75) is 6.54 Å². The van der Waals surface area contributed by atoms with Gasteiger partial charge in [0, 0.05) is 19.2 Å². The molecule has 0 spiro atoms. The van der Waals surface area contributed by atoms with Crippen molar-refractivity contribution in [2.75, 3.05) is 7.05 Å². The minimum absolute atomic E-state index is 0.120. The molecule has 0 bridgehead atoms. The molecular formula is C10H10N2O2. The van der Waals surface area contributed by atoms with E-state index in [1.165, 1.54) is 4.90 Å². The van der Waals surface area contributed by atoms with Crippen molar-refractivity contribution in [3.05, 3.63) is 35.4 Å². The van der Waals surface area contributed by atoms with E-state index >= 15 is 0 Å². The molecule has 1 N–H and O–H groups in total. The van der Waals surface area contributed by atoms with Gasteiger partial charge in [0.1, 0.15) is 0 Å². The highest BCUT2D eigenvalue weighted by Gasteiger charge is 2.26. The van der Waals surface area contributed by atoms with Crippen LogP contribution in [0.4, 0.5) is 0 Å². The Morgan fingerprint density at radius 1 is 1.43 bits per heavy atom. The third-order valence-electron chi connectivity index (χ3n) is 2.33. The van der Waals surface area contributed by atoms with E-state index in [2.05, 4.69) is 5.16 Å². The molecule has 2 rings (SSSR count). The van der Waals surface area contributed by atoms with Crippen LogP contribution in [0, 0.1) is 0 Å². The Balaban J connectivity index is 2.59. The van der Waals surface area contributed by atoms with Crippen molar-refractivity contribution in [1.82, 2.24) is 4.90 Å². The zero-order valence-corrected chi connectivity index (χ0v) is 7.77. The van der Waals surface area contributed by atoms with Crippen molar-refractivity contribution in [3.63, 3.8) is 0 Å². The molecule has 0 atom stereocenters. The van der Waals surface area contributed by atoms with Crippen LogP contribution in [0.25, 0.3) is 0 Å². The maximum absolute atomic E-state index is 11.6. The monoisotopic (exact) mass is 190 g/mol. The van der Waals surface area contributed by atoms with Crippen LogP contribution >= 0.6 is 0 Å². The molecule has 1 aliphatic heterocycles. The maximum atomic E-state index is 11.6. The van der Waals surface area contributed by atoms with Gasteiger partial charge >= 0.3 is 0 Å². The van der Waals surface area contributed by atoms with E-state index in [1.54, 1.807) is 13.1 Å². The highest BCUT2D eigenvalue weighted by atomic mass is 16.4. The van der Waals surface area contributed by atoms with Gasteiger partial charge in [-0.25, -0.2) is 0 Å². The molecule has 0 unspecified atom stereocenters. The lowest BCUT2D eigenvalue weighted by Gasteiger charge is -2.24. The van der Waals surface area contributed by atoms with Gasteiger partial charge in [0.15, 0.2) is 5.71 Å². The molecule has 4 heteroatoms. The predicted molar refractivity (Wildman–Crippen MR) is 51.2 cm³/mol. The number of likely N-dealkylation sites (N-methyl/N-ethyl adjacent to an activating group) is 1. The van der Waals surface area contributed by atoms with Gasteiger partial charge in [-0.05, 0) is 5.56 Å². The number of hydrogen-bond acceptors (Lipinski definition) is 3. The van der Waals surface area contributed by atoms with Gasteiger partial charge in [0.05, 0.1) is 0 Å². The number of amides is 1. The molecule has 1 heterocycles. The van der Waals surface area contributed by atoms with E-state index in [0.717, 1.165) is 11.1 Å². The second kappa shape index (κ2) is 3.14. The lowest BCUT2D eigenvalue weighted by Crippen LogP contribution is -2.38. The number of carbonyl (C=O) groups is 1. The number of fused-ring (bicyclic) bond motifs is 1. The molecule has 0 saturated carbocycles. The van der Waals surface area contributed by atoms with Crippen molar-refractivity contribution in [2.24, 2.45) is 5.16 Å². The summed E-state index contributed by atoms with van der Waals surface area (Å²) in [6.07, 6.45) is 0. The van der Waals surface area contributed by atoms with E-state index in [1.807, 2.05) is 18.2 Å². The van der Waals surface area contributed by atoms with Gasteiger partial charge < -0.3 is 10.1 Å². The minimum atomic E-state index is -0.244. The molecule has 1 aliphatic rings. The third kappa shape index (κ3) is 1.16. The van der Waals surface area contributed by atoms with Gasteiger partial charge in [0.25, 0.3) is 5.91 Å². The van der Waals surface area contributed by atoms with Crippen LogP contribution in [0.2, 0.25) is 0 Å². The molecule has 1 aromatic carbocycles. The Labute approximate surface area is 81.5 Å². The summed E-state index contributed by atoms with van der Waals surface area (Å²) in [4.78, 5) is 13.1. The highest BCUT2D eigenvalue weighted by molar-refractivity contribution is 6.46. The second-order valence-corrected chi connectivity index (χ2v) is 3.27. The summed E-state index contributed by atoms with van der Waals surface area (Å²) < 4.78 is 0. The second-order valence-electron chi connectivity index (χ2n) is 3.27. The van der Waals surface area contributed by atoms with Crippen LogP contribution in [0.3, 0.4) is 0 Å². The Hall–Kier alpha value is -1.84. The summed E-state index contributed by atoms with van der Waals surface area (Å²) in [6.45, 7) is 0.564. The topological polar surface area (TPSA) is 52.9 Å². The molecule has 0 radical (unpaired) electrons. The van der Waals surface area contributed by atoms with Crippen molar-refractivity contribution < 1.29 is 10.0 Å². The largest absolute Gasteiger partial charge is 0.410 e. The SMILES string of the molecule is CN1Cc2ccccc2/C(=N/O)C1=O. The molecule has 0 aliphatic carbocycles. The summed E-state index contributed by atoms with van der Waals surface area (Å²) >= 11 is 0. The molecule has 0 aromatic heterocycles. The van der Waals surface area contributed by atoms with Gasteiger partial charge in [-0.3, -0.25) is 4.79 Å². The fourth-order valence-corrected chi connectivity index (χ4v) is 1.61. The highest BCUT2D eigenvalue weighted by Crippen LogP contribution is 2.18. The minimum Gasteiger partial charge on any atom is -0.410 e. The lowest BCUT2D eigenvalue weighted by atomic mass is 9.98. The smallest absolute Gasteiger partial charge is 0.276 e. The summed E-state index contributed by atoms with van der Waals surface area (Å²) in [6, 6.07) is 7.43. The predicted octanol–water partition coefficient (Wildman–Crippen LogP) is 0.837. The van der Waals surface area contributed by atoms with Crippen molar-refractivity contribution >= 4 is 11.6 Å². The van der Waals surface area contributed by atoms with E-state index in [9.17, 15) is 4.79 Å². The van der Waals surface area contributed by atoms with Crippen LogP contribution < -0.4 is 0 Å². The summed E-state index contributed by atoms with van der Waals surface area (Å²) in [5, 5.41) is 11.8. The van der Waals surface area contributed by atoms with Gasteiger partial charge in [-0.15, -0.1) is 0 Å². The first-order valence-electron chi connectivity index (χ1n) is 4.30. The van der Waals surface area contributed by atoms with Crippen LogP contribution in [0.5, 0.6) is 0 Å². The number of carbonyl (C=O) groups excluding carboxylic acids is 1. The maximum Gasteiger partial charge on any atom is 0.276 e. The fourth-order valence-electron chi connectivity index (χ4n) is 1.61. The van der Waals surface area contributed by atoms with E-state index in [4.69, 9.17) is 5.21 Å². The average molecular weight is 190 g/mol. The van der Waals surface area contributed by atoms with Gasteiger partial charge in [-0.1, -0.05) is 29.4 Å². The number of rotatable bonds is 0. The molecule has 1 aromatic rings. The quantitative estimate of drug-likeness (QED) is 0.486. The van der Waals surface area contributed by atoms with Crippen molar-refractivity contribution in [1.29, 1.82) is 0 Å². The van der Waals surface area contributed by atoms with E-state index < -0.39 is 0 Å². The lowest BCUT2D eigenvalue weighted by molar-refractivity contribution is -0.123. The molecule has 4 nitrogen and oxygen atoms in total. The van der Waals surface area contributed by atoms with Crippen LogP contribution in [0.1, 0.15) is 11.1 Å². The average Bonchev–Trinajstić information content (AvgIpc) is 2.20. The first kappa shape index (κ1) is 8.74. The standard InChI is InChI=1S/C10H10N2O2/c1-12-6-7-4-2-3-5-8(7)9(11-14)10(12)13/h2-5,14H,6H2,1H3/b11-9-. The van der Waals surface area contributed by atoms with Crippen molar-refractivity contribution in [3.8, 4) is 0 Å². The summed E-state index contributed by atoms with van der Waals surface area (Å²) in [5.74, 6) is -0.244. The first-order valence-corrected chi connectivity index (χ1v) is 4.30. The zero-order chi connectivity index (χ0) is 10.1. The normalized spacial score (nSPS) is 18.5. The number of oxime groups is 1. The zero-order valence-electron chi connectivity index (χ0n) is 7.77. The number of hydrogen-bond donors (Lipinski definition) is 1. The molecular weight excluding hydrogens is 180 g/mol. The summed E-state index contributed by atoms with van der Waals surface area (Å²) in [5.41, 5.74) is 1.84. The molecule has 0 saturated heterocycles. The van der Waals surface area contributed by atoms with Crippen LogP contribution in [-0.2, 0) is 11.3 Å². The molecule has 0 fully saturated rings. The summed E-state index contributed by atoms with van der Waals surface area (Å²) in [7, 11) is 1.68. The Morgan fingerprint density at radius 3 is 2.86 bits per heavy atom. The third-order valence-corrected chi connectivity index (χ3v) is 2.33. The first-order chi connectivity index (χ1) is 6.74. The van der Waals surface area contributed by atoms with Crippen LogP contribution in [-0.4, -0.2) is 28.8 Å². The molecule has 1 amide bonds. The molecule has 14 heavy (non-hydrogen) atoms. The Bertz CT molecular complexity index is 412. The Morgan fingerprint density at radius 2 is 2.14 bits per heavy atom. The number of nitrogens with zero attached hydrogens (tertiary/aromatic N) is 2. The fraction of sp³-hybridized carbons (Fsp3) is 0.200. The van der Waals surface area contributed by atoms with E-state index in [0.29, 0.717) is 6.54 Å². The number of benzene rings is 1. The van der Waals surface area contributed by atoms with E-state index in [-0.39, 0.29) is 11.6 Å². The van der Waals surface area contributed by atoms with Crippen LogP contribution in [0.15, 0.2) is 29.4 Å². The Kier molecular flexibility index (Phi) is 1.96. The molecule has 72 valence electrons.